The van der Waals surface area contributed by atoms with Crippen LogP contribution in [0, 0.1) is 6.92 Å². The minimum absolute atomic E-state index is 0.294. The molecular weight excluding hydrogens is 458 g/mol. The summed E-state index contributed by atoms with van der Waals surface area (Å²) < 4.78 is 26.1. The van der Waals surface area contributed by atoms with Gasteiger partial charge in [0.1, 0.15) is 17.2 Å². The Hall–Kier alpha value is -3.71. The number of oxime groups is 1. The average Bonchev–Trinajstić information content (AvgIpc) is 3.28. The summed E-state index contributed by atoms with van der Waals surface area (Å²) in [5.41, 5.74) is 6.91. The number of imidazole rings is 1. The summed E-state index contributed by atoms with van der Waals surface area (Å²) in [4.78, 5) is 5.13. The Bertz CT molecular complexity index is 1530. The number of aryl methyl sites for hydroxylation is 1. The highest BCUT2D eigenvalue weighted by atomic mass is 32.2. The molecule has 1 N–H and O–H groups in total. The fourth-order valence-corrected chi connectivity index (χ4v) is 4.86. The van der Waals surface area contributed by atoms with Gasteiger partial charge in [0.25, 0.3) is 0 Å². The van der Waals surface area contributed by atoms with Gasteiger partial charge in [0.05, 0.1) is 10.6 Å². The molecule has 7 heteroatoms. The molecule has 0 amide bonds. The van der Waals surface area contributed by atoms with Gasteiger partial charge in [0.2, 0.25) is 0 Å². The van der Waals surface area contributed by atoms with Crippen molar-refractivity contribution in [2.24, 2.45) is 5.16 Å². The third-order valence-corrected chi connectivity index (χ3v) is 7.21. The largest absolute Gasteiger partial charge is 0.411 e. The topological polar surface area (TPSA) is 84.5 Å². The zero-order valence-corrected chi connectivity index (χ0v) is 21.3. The van der Waals surface area contributed by atoms with Crippen LogP contribution in [0.3, 0.4) is 0 Å². The number of rotatable bonds is 6. The predicted octanol–water partition coefficient (Wildman–Crippen LogP) is 6.24. The normalized spacial score (nSPS) is 12.3. The first-order valence-electron chi connectivity index (χ1n) is 11.4. The SMILES string of the molecule is C/C(=N\O)c1cn(-c2ccc(-c3cccc(S(C)(=O)=O)c3)cc2C)c(-c2ccccc2C(C)C)n1. The Labute approximate surface area is 206 Å². The van der Waals surface area contributed by atoms with Crippen LogP contribution in [0.5, 0.6) is 0 Å². The Morgan fingerprint density at radius 1 is 1.00 bits per heavy atom. The van der Waals surface area contributed by atoms with Crippen molar-refractivity contribution in [3.63, 3.8) is 0 Å². The van der Waals surface area contributed by atoms with Crippen LogP contribution < -0.4 is 0 Å². The highest BCUT2D eigenvalue weighted by molar-refractivity contribution is 7.90. The molecule has 1 heterocycles. The summed E-state index contributed by atoms with van der Waals surface area (Å²) in [5.74, 6) is 1.07. The van der Waals surface area contributed by atoms with Crippen molar-refractivity contribution in [1.82, 2.24) is 9.55 Å². The summed E-state index contributed by atoms with van der Waals surface area (Å²) in [7, 11) is -3.29. The smallest absolute Gasteiger partial charge is 0.175 e. The van der Waals surface area contributed by atoms with Gasteiger partial charge in [-0.3, -0.25) is 4.57 Å². The first-order valence-corrected chi connectivity index (χ1v) is 13.3. The monoisotopic (exact) mass is 487 g/mol. The maximum Gasteiger partial charge on any atom is 0.175 e. The molecule has 0 unspecified atom stereocenters. The summed E-state index contributed by atoms with van der Waals surface area (Å²) >= 11 is 0. The lowest BCUT2D eigenvalue weighted by Gasteiger charge is -2.16. The van der Waals surface area contributed by atoms with Crippen molar-refractivity contribution in [3.8, 4) is 28.2 Å². The number of benzene rings is 3. The van der Waals surface area contributed by atoms with E-state index in [0.717, 1.165) is 33.8 Å². The van der Waals surface area contributed by atoms with Crippen LogP contribution in [0.4, 0.5) is 0 Å². The molecule has 0 spiro atoms. The van der Waals surface area contributed by atoms with Gasteiger partial charge in [-0.2, -0.15) is 0 Å². The molecule has 0 aliphatic carbocycles. The molecular formula is C28H29N3O3S. The molecule has 0 atom stereocenters. The number of aromatic nitrogens is 2. The van der Waals surface area contributed by atoms with Crippen LogP contribution in [-0.2, 0) is 9.84 Å². The van der Waals surface area contributed by atoms with Gasteiger partial charge in [0.15, 0.2) is 9.84 Å². The van der Waals surface area contributed by atoms with Gasteiger partial charge >= 0.3 is 0 Å². The molecule has 0 aliphatic heterocycles. The Kier molecular flexibility index (Phi) is 6.63. The first kappa shape index (κ1) is 24.4. The minimum atomic E-state index is -3.29. The third-order valence-electron chi connectivity index (χ3n) is 6.10. The lowest BCUT2D eigenvalue weighted by molar-refractivity contribution is 0.319. The molecule has 35 heavy (non-hydrogen) atoms. The standard InChI is InChI=1S/C28H29N3O3S/c1-18(2)24-11-6-7-12-25(24)28-29-26(20(4)30-32)17-31(28)27-14-13-22(15-19(27)3)21-9-8-10-23(16-21)35(5,33)34/h6-18,32H,1-5H3/b30-20+. The second kappa shape index (κ2) is 9.50. The fourth-order valence-electron chi connectivity index (χ4n) is 4.20. The molecule has 0 saturated carbocycles. The summed E-state index contributed by atoms with van der Waals surface area (Å²) in [6.45, 7) is 8.04. The van der Waals surface area contributed by atoms with Crippen LogP contribution >= 0.6 is 0 Å². The van der Waals surface area contributed by atoms with E-state index in [-0.39, 0.29) is 0 Å². The Morgan fingerprint density at radius 2 is 1.71 bits per heavy atom. The molecule has 6 nitrogen and oxygen atoms in total. The molecule has 180 valence electrons. The summed E-state index contributed by atoms with van der Waals surface area (Å²) in [5, 5.41) is 12.7. The van der Waals surface area contributed by atoms with Crippen molar-refractivity contribution in [1.29, 1.82) is 0 Å². The number of hydrogen-bond acceptors (Lipinski definition) is 5. The molecule has 4 rings (SSSR count). The molecule has 0 saturated heterocycles. The van der Waals surface area contributed by atoms with Gasteiger partial charge in [-0.25, -0.2) is 13.4 Å². The van der Waals surface area contributed by atoms with E-state index >= 15 is 0 Å². The molecule has 1 aromatic heterocycles. The van der Waals surface area contributed by atoms with Gasteiger partial charge < -0.3 is 5.21 Å². The van der Waals surface area contributed by atoms with Crippen LogP contribution in [0.25, 0.3) is 28.2 Å². The molecule has 0 bridgehead atoms. The van der Waals surface area contributed by atoms with Crippen molar-refractivity contribution in [2.75, 3.05) is 6.26 Å². The Balaban J connectivity index is 1.88. The highest BCUT2D eigenvalue weighted by Gasteiger charge is 2.19. The molecule has 3 aromatic carbocycles. The zero-order valence-electron chi connectivity index (χ0n) is 20.5. The first-order chi connectivity index (χ1) is 16.6. The highest BCUT2D eigenvalue weighted by Crippen LogP contribution is 2.33. The second-order valence-electron chi connectivity index (χ2n) is 9.05. The molecule has 4 aromatic rings. The predicted molar refractivity (Wildman–Crippen MR) is 140 cm³/mol. The van der Waals surface area contributed by atoms with E-state index in [4.69, 9.17) is 4.98 Å². The number of sulfone groups is 1. The number of hydrogen-bond donors (Lipinski definition) is 1. The summed E-state index contributed by atoms with van der Waals surface area (Å²) in [6, 6.07) is 21.2. The zero-order chi connectivity index (χ0) is 25.3. The van der Waals surface area contributed by atoms with E-state index in [9.17, 15) is 13.6 Å². The van der Waals surface area contributed by atoms with E-state index in [1.807, 2.05) is 54.1 Å². The lowest BCUT2D eigenvalue weighted by atomic mass is 9.96. The maximum atomic E-state index is 12.0. The van der Waals surface area contributed by atoms with Crippen molar-refractivity contribution < 1.29 is 13.6 Å². The minimum Gasteiger partial charge on any atom is -0.411 e. The summed E-state index contributed by atoms with van der Waals surface area (Å²) in [6.07, 6.45) is 3.10. The molecule has 0 aliphatic rings. The second-order valence-corrected chi connectivity index (χ2v) is 11.1. The quantitative estimate of drug-likeness (QED) is 0.198. The van der Waals surface area contributed by atoms with E-state index in [0.29, 0.717) is 22.2 Å². The van der Waals surface area contributed by atoms with Crippen LogP contribution in [-0.4, -0.2) is 35.1 Å². The lowest BCUT2D eigenvalue weighted by Crippen LogP contribution is -2.02. The molecule has 0 radical (unpaired) electrons. The van der Waals surface area contributed by atoms with Crippen molar-refractivity contribution in [3.05, 3.63) is 89.7 Å². The maximum absolute atomic E-state index is 12.0. The third kappa shape index (κ3) is 4.91. The van der Waals surface area contributed by atoms with Gasteiger partial charge in [-0.05, 0) is 66.3 Å². The fraction of sp³-hybridized carbons (Fsp3) is 0.214. The van der Waals surface area contributed by atoms with Crippen LogP contribution in [0.1, 0.15) is 43.5 Å². The van der Waals surface area contributed by atoms with E-state index in [1.165, 1.54) is 11.8 Å². The van der Waals surface area contributed by atoms with Crippen molar-refractivity contribution in [2.45, 2.75) is 38.5 Å². The van der Waals surface area contributed by atoms with Gasteiger partial charge in [-0.1, -0.05) is 61.5 Å². The van der Waals surface area contributed by atoms with E-state index in [2.05, 4.69) is 31.1 Å². The number of nitrogens with zero attached hydrogens (tertiary/aromatic N) is 3. The Morgan fingerprint density at radius 3 is 2.37 bits per heavy atom. The molecule has 0 fully saturated rings. The van der Waals surface area contributed by atoms with E-state index in [1.54, 1.807) is 25.1 Å². The average molecular weight is 488 g/mol. The van der Waals surface area contributed by atoms with Gasteiger partial charge in [0, 0.05) is 18.0 Å². The van der Waals surface area contributed by atoms with Crippen molar-refractivity contribution >= 4 is 15.5 Å². The van der Waals surface area contributed by atoms with Gasteiger partial charge in [-0.15, -0.1) is 0 Å². The van der Waals surface area contributed by atoms with Crippen LogP contribution in [0.15, 0.2) is 83.0 Å². The van der Waals surface area contributed by atoms with Crippen LogP contribution in [0.2, 0.25) is 0 Å². The van der Waals surface area contributed by atoms with E-state index < -0.39 is 9.84 Å².